The third-order valence-corrected chi connectivity index (χ3v) is 3.26. The van der Waals surface area contributed by atoms with Gasteiger partial charge in [-0.25, -0.2) is 10.5 Å². The smallest absolute Gasteiger partial charge is 0.246 e. The number of rotatable bonds is 6. The monoisotopic (exact) mass is 272 g/mol. The highest BCUT2D eigenvalue weighted by molar-refractivity contribution is 7.98. The normalized spacial score (nSPS) is 9.95. The van der Waals surface area contributed by atoms with Crippen molar-refractivity contribution in [2.75, 3.05) is 0 Å². The molecule has 0 saturated carbocycles. The van der Waals surface area contributed by atoms with Gasteiger partial charge in [0.15, 0.2) is 0 Å². The number of aromatic nitrogens is 1. The van der Waals surface area contributed by atoms with Crippen LogP contribution in [0.4, 0.5) is 0 Å². The molecule has 98 valence electrons. The molecule has 1 aromatic heterocycles. The van der Waals surface area contributed by atoms with E-state index in [4.69, 9.17) is 4.84 Å². The summed E-state index contributed by atoms with van der Waals surface area (Å²) in [7, 11) is 0. The van der Waals surface area contributed by atoms with Crippen LogP contribution in [0.1, 0.15) is 12.5 Å². The maximum absolute atomic E-state index is 5.29. The first-order chi connectivity index (χ1) is 9.24. The Morgan fingerprint density at radius 2 is 2.00 bits per heavy atom. The van der Waals surface area contributed by atoms with E-state index < -0.39 is 0 Å². The maximum atomic E-state index is 5.29. The first kappa shape index (κ1) is 13.5. The van der Waals surface area contributed by atoms with Crippen molar-refractivity contribution >= 4 is 11.8 Å². The topological polar surface area (TPSA) is 34.1 Å². The fraction of sp³-hybridized carbons (Fsp3) is 0.133. The van der Waals surface area contributed by atoms with Crippen LogP contribution >= 0.6 is 11.8 Å². The van der Waals surface area contributed by atoms with Gasteiger partial charge in [0.05, 0.1) is 0 Å². The minimum atomic E-state index is 0.543. The standard InChI is InChI=1S/C15H16N2OS/c1-12(2)17-18-14-9-6-10-15(16-14)19-11-13-7-4-3-5-8-13/h3-10,17H,1,11H2,2H3. The van der Waals surface area contributed by atoms with Crippen LogP contribution in [-0.4, -0.2) is 4.98 Å². The van der Waals surface area contributed by atoms with E-state index in [2.05, 4.69) is 29.2 Å². The third kappa shape index (κ3) is 4.67. The Balaban J connectivity index is 1.93. The number of pyridine rings is 1. The zero-order chi connectivity index (χ0) is 13.5. The van der Waals surface area contributed by atoms with Crippen molar-refractivity contribution < 1.29 is 4.84 Å². The summed E-state index contributed by atoms with van der Waals surface area (Å²) in [6, 6.07) is 16.0. The number of benzene rings is 1. The Morgan fingerprint density at radius 3 is 2.74 bits per heavy atom. The first-order valence-electron chi connectivity index (χ1n) is 5.96. The third-order valence-electron chi connectivity index (χ3n) is 2.26. The van der Waals surface area contributed by atoms with E-state index in [1.54, 1.807) is 11.8 Å². The molecule has 0 radical (unpaired) electrons. The van der Waals surface area contributed by atoms with Crippen molar-refractivity contribution in [3.8, 4) is 5.88 Å². The quantitative estimate of drug-likeness (QED) is 0.641. The van der Waals surface area contributed by atoms with Crippen molar-refractivity contribution in [1.29, 1.82) is 0 Å². The lowest BCUT2D eigenvalue weighted by atomic mass is 10.2. The molecule has 0 spiro atoms. The second-order valence-corrected chi connectivity index (χ2v) is 5.07. The number of hydrogen-bond acceptors (Lipinski definition) is 4. The molecule has 0 fully saturated rings. The van der Waals surface area contributed by atoms with E-state index in [0.717, 1.165) is 16.5 Å². The van der Waals surface area contributed by atoms with Crippen molar-refractivity contribution in [2.24, 2.45) is 0 Å². The van der Waals surface area contributed by atoms with Crippen molar-refractivity contribution in [3.63, 3.8) is 0 Å². The zero-order valence-electron chi connectivity index (χ0n) is 10.8. The maximum Gasteiger partial charge on any atom is 0.246 e. The van der Waals surface area contributed by atoms with E-state index in [1.807, 2.05) is 43.3 Å². The minimum absolute atomic E-state index is 0.543. The van der Waals surface area contributed by atoms with Crippen molar-refractivity contribution in [3.05, 3.63) is 66.4 Å². The van der Waals surface area contributed by atoms with E-state index in [1.165, 1.54) is 5.56 Å². The van der Waals surface area contributed by atoms with Crippen LogP contribution in [0.3, 0.4) is 0 Å². The lowest BCUT2D eigenvalue weighted by Gasteiger charge is -2.07. The molecular weight excluding hydrogens is 256 g/mol. The van der Waals surface area contributed by atoms with E-state index in [9.17, 15) is 0 Å². The molecule has 2 aromatic rings. The van der Waals surface area contributed by atoms with Crippen molar-refractivity contribution in [1.82, 2.24) is 10.5 Å². The number of hydrogen-bond donors (Lipinski definition) is 1. The lowest BCUT2D eigenvalue weighted by Crippen LogP contribution is -2.15. The van der Waals surface area contributed by atoms with Crippen LogP contribution in [0.25, 0.3) is 0 Å². The average molecular weight is 272 g/mol. The van der Waals surface area contributed by atoms with Gasteiger partial charge in [0.1, 0.15) is 5.03 Å². The molecule has 0 unspecified atom stereocenters. The summed E-state index contributed by atoms with van der Waals surface area (Å²) >= 11 is 1.68. The largest absolute Gasteiger partial charge is 0.362 e. The molecule has 19 heavy (non-hydrogen) atoms. The fourth-order valence-electron chi connectivity index (χ4n) is 1.40. The molecule has 0 amide bonds. The van der Waals surface area contributed by atoms with Gasteiger partial charge in [0.25, 0.3) is 0 Å². The summed E-state index contributed by atoms with van der Waals surface area (Å²) in [4.78, 5) is 9.68. The lowest BCUT2D eigenvalue weighted by molar-refractivity contribution is 0.218. The van der Waals surface area contributed by atoms with Crippen LogP contribution in [0, 0.1) is 0 Å². The van der Waals surface area contributed by atoms with Crippen LogP contribution in [0.2, 0.25) is 0 Å². The molecule has 0 atom stereocenters. The molecule has 0 aliphatic carbocycles. The predicted molar refractivity (Wildman–Crippen MR) is 78.8 cm³/mol. The van der Waals surface area contributed by atoms with Gasteiger partial charge < -0.3 is 4.84 Å². The molecule has 3 nitrogen and oxygen atoms in total. The Hall–Kier alpha value is -1.94. The molecule has 0 aliphatic heterocycles. The highest BCUT2D eigenvalue weighted by Crippen LogP contribution is 2.22. The SMILES string of the molecule is C=C(C)NOc1cccc(SCc2ccccc2)n1. The molecule has 0 bridgehead atoms. The summed E-state index contributed by atoms with van der Waals surface area (Å²) in [5.41, 5.74) is 4.71. The summed E-state index contributed by atoms with van der Waals surface area (Å²) < 4.78 is 0. The van der Waals surface area contributed by atoms with Gasteiger partial charge in [-0.05, 0) is 18.6 Å². The van der Waals surface area contributed by atoms with Gasteiger partial charge >= 0.3 is 0 Å². The van der Waals surface area contributed by atoms with E-state index in [-0.39, 0.29) is 0 Å². The highest BCUT2D eigenvalue weighted by Gasteiger charge is 2.00. The fourth-order valence-corrected chi connectivity index (χ4v) is 2.24. The number of hydroxylamine groups is 1. The van der Waals surface area contributed by atoms with Gasteiger partial charge in [-0.2, -0.15) is 0 Å². The molecule has 0 saturated heterocycles. The number of nitrogens with zero attached hydrogens (tertiary/aromatic N) is 1. The van der Waals surface area contributed by atoms with Gasteiger partial charge in [0.2, 0.25) is 5.88 Å². The second kappa shape index (κ2) is 6.85. The van der Waals surface area contributed by atoms with Gasteiger partial charge in [-0.15, -0.1) is 11.8 Å². The van der Waals surface area contributed by atoms with Crippen LogP contribution in [0.15, 0.2) is 65.8 Å². The average Bonchev–Trinajstić information content (AvgIpc) is 2.44. The van der Waals surface area contributed by atoms with E-state index in [0.29, 0.717) is 5.88 Å². The van der Waals surface area contributed by atoms with Gasteiger partial charge in [0, 0.05) is 17.5 Å². The van der Waals surface area contributed by atoms with Gasteiger partial charge in [-0.3, -0.25) is 0 Å². The van der Waals surface area contributed by atoms with Crippen LogP contribution in [-0.2, 0) is 5.75 Å². The number of allylic oxidation sites excluding steroid dienone is 1. The molecule has 1 heterocycles. The molecule has 2 rings (SSSR count). The van der Waals surface area contributed by atoms with Crippen molar-refractivity contribution in [2.45, 2.75) is 17.7 Å². The van der Waals surface area contributed by atoms with Crippen LogP contribution in [0.5, 0.6) is 5.88 Å². The van der Waals surface area contributed by atoms with Gasteiger partial charge in [-0.1, -0.05) is 43.0 Å². The molecule has 0 aliphatic rings. The minimum Gasteiger partial charge on any atom is -0.362 e. The van der Waals surface area contributed by atoms with E-state index >= 15 is 0 Å². The predicted octanol–water partition coefficient (Wildman–Crippen LogP) is 3.79. The Labute approximate surface area is 117 Å². The summed E-state index contributed by atoms with van der Waals surface area (Å²) in [5.74, 6) is 1.44. The Kier molecular flexibility index (Phi) is 4.86. The zero-order valence-corrected chi connectivity index (χ0v) is 11.6. The molecule has 1 aromatic carbocycles. The summed E-state index contributed by atoms with van der Waals surface area (Å²) in [6.07, 6.45) is 0. The Bertz CT molecular complexity index is 543. The molecular formula is C15H16N2OS. The number of thioether (sulfide) groups is 1. The first-order valence-corrected chi connectivity index (χ1v) is 6.95. The summed E-state index contributed by atoms with van der Waals surface area (Å²) in [6.45, 7) is 5.53. The number of nitrogens with one attached hydrogen (secondary N) is 1. The molecule has 4 heteroatoms. The highest BCUT2D eigenvalue weighted by atomic mass is 32.2. The Morgan fingerprint density at radius 1 is 1.21 bits per heavy atom. The summed E-state index contributed by atoms with van der Waals surface area (Å²) in [5, 5.41) is 0.935. The van der Waals surface area contributed by atoms with Crippen LogP contribution < -0.4 is 10.3 Å². The molecule has 1 N–H and O–H groups in total. The second-order valence-electron chi connectivity index (χ2n) is 4.07.